The van der Waals surface area contributed by atoms with Crippen molar-refractivity contribution in [3.8, 4) is 0 Å². The van der Waals surface area contributed by atoms with Gasteiger partial charge in [0.15, 0.2) is 0 Å². The lowest BCUT2D eigenvalue weighted by molar-refractivity contribution is 0.621. The van der Waals surface area contributed by atoms with Crippen molar-refractivity contribution in [1.29, 1.82) is 0 Å². The van der Waals surface area contributed by atoms with E-state index in [-0.39, 0.29) is 0 Å². The molecule has 1 fully saturated rings. The third-order valence-corrected chi connectivity index (χ3v) is 3.02. The van der Waals surface area contributed by atoms with Gasteiger partial charge in [-0.05, 0) is 25.7 Å². The summed E-state index contributed by atoms with van der Waals surface area (Å²) in [5.74, 6) is 1.57. The third-order valence-electron chi connectivity index (χ3n) is 3.02. The summed E-state index contributed by atoms with van der Waals surface area (Å²) in [6, 6.07) is 2.77. The number of nitrogens with one attached hydrogen (secondary N) is 1. The number of nitrogens with zero attached hydrogens (tertiary/aromatic N) is 2. The minimum absolute atomic E-state index is 0.577. The molecule has 3 nitrogen and oxygen atoms in total. The first-order chi connectivity index (χ1) is 7.33. The van der Waals surface area contributed by atoms with Crippen LogP contribution in [0.2, 0.25) is 0 Å². The van der Waals surface area contributed by atoms with E-state index in [1.54, 1.807) is 6.33 Å². The molecule has 82 valence electrons. The van der Waals surface area contributed by atoms with E-state index in [2.05, 4.69) is 35.2 Å². The van der Waals surface area contributed by atoms with Crippen LogP contribution in [0.15, 0.2) is 12.4 Å². The Morgan fingerprint density at radius 3 is 2.67 bits per heavy atom. The maximum absolute atomic E-state index is 4.36. The molecular formula is C12H19N3. The molecule has 1 N–H and O–H groups in total. The topological polar surface area (TPSA) is 37.8 Å². The lowest BCUT2D eigenvalue weighted by atomic mass is 9.99. The van der Waals surface area contributed by atoms with Gasteiger partial charge in [-0.2, -0.15) is 0 Å². The average molecular weight is 205 g/mol. The van der Waals surface area contributed by atoms with Crippen LogP contribution < -0.4 is 5.32 Å². The molecule has 0 amide bonds. The van der Waals surface area contributed by atoms with Crippen LogP contribution in [0, 0.1) is 0 Å². The normalized spacial score (nSPS) is 15.7. The molecule has 0 radical (unpaired) electrons. The maximum Gasteiger partial charge on any atom is 0.129 e. The molecule has 15 heavy (non-hydrogen) atoms. The van der Waals surface area contributed by atoms with Crippen LogP contribution in [0.5, 0.6) is 0 Å². The highest BCUT2D eigenvalue weighted by molar-refractivity contribution is 5.38. The summed E-state index contributed by atoms with van der Waals surface area (Å²) in [7, 11) is 0. The van der Waals surface area contributed by atoms with E-state index in [1.807, 2.05) is 0 Å². The van der Waals surface area contributed by atoms with Gasteiger partial charge in [0.05, 0.1) is 0 Å². The zero-order valence-corrected chi connectivity index (χ0v) is 9.53. The van der Waals surface area contributed by atoms with Crippen LogP contribution in [-0.4, -0.2) is 16.0 Å². The van der Waals surface area contributed by atoms with Crippen LogP contribution in [0.1, 0.15) is 51.1 Å². The highest BCUT2D eigenvalue weighted by atomic mass is 15.1. The zero-order chi connectivity index (χ0) is 10.7. The minimum Gasteiger partial charge on any atom is -0.367 e. The molecule has 2 rings (SSSR count). The van der Waals surface area contributed by atoms with Gasteiger partial charge in [-0.3, -0.25) is 0 Å². The average Bonchev–Trinajstić information content (AvgIpc) is 3.04. The molecule has 0 unspecified atom stereocenters. The van der Waals surface area contributed by atoms with Crippen LogP contribution in [0.4, 0.5) is 5.82 Å². The van der Waals surface area contributed by atoms with Crippen LogP contribution in [0.25, 0.3) is 0 Å². The van der Waals surface area contributed by atoms with Gasteiger partial charge >= 0.3 is 0 Å². The van der Waals surface area contributed by atoms with Crippen molar-refractivity contribution in [2.45, 2.75) is 51.5 Å². The molecule has 0 atom stereocenters. The molecule has 0 saturated heterocycles. The Balaban J connectivity index is 2.09. The lowest BCUT2D eigenvalue weighted by Crippen LogP contribution is -2.06. The van der Waals surface area contributed by atoms with Crippen molar-refractivity contribution in [3.05, 3.63) is 18.1 Å². The third kappa shape index (κ3) is 2.67. The largest absolute Gasteiger partial charge is 0.367 e. The molecule has 1 aliphatic rings. The zero-order valence-electron chi connectivity index (χ0n) is 9.53. The number of hydrogen-bond acceptors (Lipinski definition) is 3. The SMILES string of the molecule is CCC(CC)c1cc(NC2CC2)ncn1. The Morgan fingerprint density at radius 1 is 1.33 bits per heavy atom. The van der Waals surface area contributed by atoms with Crippen molar-refractivity contribution >= 4 is 5.82 Å². The summed E-state index contributed by atoms with van der Waals surface area (Å²) >= 11 is 0. The molecule has 1 saturated carbocycles. The summed E-state index contributed by atoms with van der Waals surface area (Å²) in [6.45, 7) is 4.43. The fourth-order valence-corrected chi connectivity index (χ4v) is 1.82. The van der Waals surface area contributed by atoms with Crippen LogP contribution >= 0.6 is 0 Å². The fraction of sp³-hybridized carbons (Fsp3) is 0.667. The van der Waals surface area contributed by atoms with E-state index in [4.69, 9.17) is 0 Å². The van der Waals surface area contributed by atoms with Crippen molar-refractivity contribution in [1.82, 2.24) is 9.97 Å². The monoisotopic (exact) mass is 205 g/mol. The highest BCUT2D eigenvalue weighted by Crippen LogP contribution is 2.26. The van der Waals surface area contributed by atoms with Gasteiger partial charge in [-0.1, -0.05) is 13.8 Å². The quantitative estimate of drug-likeness (QED) is 0.803. The van der Waals surface area contributed by atoms with Gasteiger partial charge < -0.3 is 5.32 Å². The predicted octanol–water partition coefficient (Wildman–Crippen LogP) is 2.95. The molecule has 1 heterocycles. The standard InChI is InChI=1S/C12H19N3/c1-3-9(4-2)11-7-12(14-8-13-11)15-10-5-6-10/h7-10H,3-6H2,1-2H3,(H,13,14,15). The van der Waals surface area contributed by atoms with Crippen molar-refractivity contribution < 1.29 is 0 Å². The molecule has 1 aliphatic carbocycles. The van der Waals surface area contributed by atoms with Gasteiger partial charge in [-0.25, -0.2) is 9.97 Å². The lowest BCUT2D eigenvalue weighted by Gasteiger charge is -2.12. The first kappa shape index (κ1) is 10.4. The molecule has 0 aliphatic heterocycles. The van der Waals surface area contributed by atoms with Gasteiger partial charge in [0.1, 0.15) is 12.1 Å². The Labute approximate surface area is 91.3 Å². The second-order valence-electron chi connectivity index (χ2n) is 4.26. The predicted molar refractivity (Wildman–Crippen MR) is 62.0 cm³/mol. The van der Waals surface area contributed by atoms with Crippen molar-refractivity contribution in [2.24, 2.45) is 0 Å². The molecule has 3 heteroatoms. The Kier molecular flexibility index (Phi) is 3.19. The number of rotatable bonds is 5. The number of hydrogen-bond donors (Lipinski definition) is 1. The summed E-state index contributed by atoms with van der Waals surface area (Å²) in [4.78, 5) is 8.61. The molecule has 1 aromatic rings. The summed E-state index contributed by atoms with van der Waals surface area (Å²) in [5, 5.41) is 3.41. The van der Waals surface area contributed by atoms with E-state index < -0.39 is 0 Å². The molecule has 0 bridgehead atoms. The smallest absolute Gasteiger partial charge is 0.129 e. The molecule has 0 spiro atoms. The second kappa shape index (κ2) is 4.60. The van der Waals surface area contributed by atoms with E-state index in [1.165, 1.54) is 18.5 Å². The van der Waals surface area contributed by atoms with Gasteiger partial charge in [-0.15, -0.1) is 0 Å². The second-order valence-corrected chi connectivity index (χ2v) is 4.26. The number of aromatic nitrogens is 2. The summed E-state index contributed by atoms with van der Waals surface area (Å²) < 4.78 is 0. The van der Waals surface area contributed by atoms with E-state index in [0.717, 1.165) is 18.7 Å². The Morgan fingerprint density at radius 2 is 2.07 bits per heavy atom. The van der Waals surface area contributed by atoms with Crippen molar-refractivity contribution in [3.63, 3.8) is 0 Å². The molecule has 0 aromatic carbocycles. The molecule has 1 aromatic heterocycles. The molecular weight excluding hydrogens is 186 g/mol. The van der Waals surface area contributed by atoms with Gasteiger partial charge in [0, 0.05) is 23.7 Å². The van der Waals surface area contributed by atoms with Crippen LogP contribution in [-0.2, 0) is 0 Å². The maximum atomic E-state index is 4.36. The first-order valence-corrected chi connectivity index (χ1v) is 5.92. The summed E-state index contributed by atoms with van der Waals surface area (Å²) in [5.41, 5.74) is 1.18. The van der Waals surface area contributed by atoms with Gasteiger partial charge in [0.2, 0.25) is 0 Å². The van der Waals surface area contributed by atoms with Gasteiger partial charge in [0.25, 0.3) is 0 Å². The minimum atomic E-state index is 0.577. The first-order valence-electron chi connectivity index (χ1n) is 5.92. The summed E-state index contributed by atoms with van der Waals surface area (Å²) in [6.07, 6.45) is 6.54. The van der Waals surface area contributed by atoms with Crippen molar-refractivity contribution in [2.75, 3.05) is 5.32 Å². The van der Waals surface area contributed by atoms with E-state index in [9.17, 15) is 0 Å². The fourth-order valence-electron chi connectivity index (χ4n) is 1.82. The Bertz CT molecular complexity index is 316. The number of anilines is 1. The van der Waals surface area contributed by atoms with Crippen LogP contribution in [0.3, 0.4) is 0 Å². The van der Waals surface area contributed by atoms with E-state index >= 15 is 0 Å². The highest BCUT2D eigenvalue weighted by Gasteiger charge is 2.21. The Hall–Kier alpha value is -1.12. The van der Waals surface area contributed by atoms with E-state index in [0.29, 0.717) is 12.0 Å².